The Morgan fingerprint density at radius 1 is 0.266 bits per heavy atom. The van der Waals surface area contributed by atoms with Crippen molar-refractivity contribution in [1.29, 1.82) is 0 Å². The Hall–Kier alpha value is -5.30. The molecule has 0 aromatic heterocycles. The van der Waals surface area contributed by atoms with Crippen LogP contribution in [-0.2, 0) is 95.3 Å². The van der Waals surface area contributed by atoms with Crippen molar-refractivity contribution in [2.24, 2.45) is 144 Å². The van der Waals surface area contributed by atoms with Crippen molar-refractivity contribution in [2.45, 2.75) is 445 Å². The SMILES string of the molecule is CCC(C)(C)C(=O)OCC(=O)OC(C)(C)C1CC2CC1C1C3CCC(C3)C21.CCC(C)(C)C(=O)OCC(=O)OC(C)(C)C1CC2CCC1C2.CCC(C)(C)C(=O)OCC(=O)OC(C)(C1CCCCC1)C1CCCCC1.CCC(C)(C)C(=O)OCC(=O)OC(C)(CC)C12CC3CC(CC(C3)C1)C2.CCC(C)(C)C(=O)OCC(=O)OC(CC)(CC)C12CC3CC(CC(C3)C1)C2. The van der Waals surface area contributed by atoms with E-state index < -0.39 is 73.0 Å². The van der Waals surface area contributed by atoms with Gasteiger partial charge in [-0.15, -0.1) is 0 Å². The smallest absolute Gasteiger partial charge is 0.344 e. The van der Waals surface area contributed by atoms with Crippen LogP contribution in [-0.4, -0.2) is 121 Å². The second-order valence-corrected chi connectivity index (χ2v) is 48.5. The first-order chi connectivity index (χ1) is 59.9. The highest BCUT2D eigenvalue weighted by Gasteiger charge is 2.66. The van der Waals surface area contributed by atoms with E-state index in [1.54, 1.807) is 0 Å². The first-order valence-electron chi connectivity index (χ1n) is 51.9. The summed E-state index contributed by atoms with van der Waals surface area (Å²) < 4.78 is 56.1. The van der Waals surface area contributed by atoms with Crippen molar-refractivity contribution in [3.05, 3.63) is 0 Å². The van der Waals surface area contributed by atoms with Gasteiger partial charge in [0.05, 0.1) is 27.1 Å². The zero-order valence-electron chi connectivity index (χ0n) is 84.7. The molecule has 11 unspecified atom stereocenters. The lowest BCUT2D eigenvalue weighted by Gasteiger charge is -2.63. The standard InChI is InChI=1S/C23H36O4.C23H38O4.C22H36O4.C22H38O4.C18H30O4/c1-6-22(2,3)21(25)26-12-18(24)27-23(4,5)17-11-15-10-16(17)20-14-8-7-13(9-14)19(15)20;1-6-21(4,5)20(25)26-15-19(24)27-23(7-2,8-3)22-12-16-9-17(13-22)11-18(10-16)14-22;1-6-20(3,4)19(24)25-14-18(23)26-21(5,7-2)22-11-15-8-16(12-22)10-17(9-15)13-22;1-5-21(2,3)20(24)25-16-19(23)26-22(4,17-12-8-6-9-13-17)18-14-10-7-11-15-18;1-6-17(2,3)16(20)21-11-15(19)22-18(4,5)14-10-12-7-8-13(14)9-12/h13-17,19-20H,6-12H2,1-5H3;16-18H,6-15H2,1-5H3;15-17H,6-14H2,1-5H3;17-18H,5-16H2,1-4H3;12-14H,6-11H2,1-5H3. The number of ether oxygens (including phenoxy) is 10. The molecule has 0 aliphatic heterocycles. The van der Waals surface area contributed by atoms with Gasteiger partial charge in [-0.1, -0.05) is 100 Å². The minimum Gasteiger partial charge on any atom is -0.457 e. The Labute approximate surface area is 772 Å². The van der Waals surface area contributed by atoms with Gasteiger partial charge in [-0.05, 0) is 411 Å². The summed E-state index contributed by atoms with van der Waals surface area (Å²) in [4.78, 5) is 123. The lowest BCUT2D eigenvalue weighted by molar-refractivity contribution is -0.215. The van der Waals surface area contributed by atoms with Crippen LogP contribution in [0.25, 0.3) is 0 Å². The van der Waals surface area contributed by atoms with Crippen molar-refractivity contribution in [1.82, 2.24) is 0 Å². The first-order valence-corrected chi connectivity index (χ1v) is 51.9. The summed E-state index contributed by atoms with van der Waals surface area (Å²) >= 11 is 0. The van der Waals surface area contributed by atoms with Crippen molar-refractivity contribution in [3.8, 4) is 0 Å². The molecule has 0 radical (unpaired) electrons. The molecule has 0 aromatic carbocycles. The van der Waals surface area contributed by atoms with Crippen LogP contribution in [0.4, 0.5) is 0 Å². The van der Waals surface area contributed by atoms with Gasteiger partial charge in [0.15, 0.2) is 33.0 Å². The highest BCUT2D eigenvalue weighted by Crippen LogP contribution is 2.71. The lowest BCUT2D eigenvalue weighted by atomic mass is 9.44. The van der Waals surface area contributed by atoms with Gasteiger partial charge < -0.3 is 47.4 Å². The van der Waals surface area contributed by atoms with Crippen LogP contribution in [0.1, 0.15) is 417 Å². The summed E-state index contributed by atoms with van der Waals surface area (Å²) in [7, 11) is 0. The van der Waals surface area contributed by atoms with E-state index in [2.05, 4.69) is 48.5 Å². The number of carbonyl (C=O) groups excluding carboxylic acids is 10. The predicted octanol–water partition coefficient (Wildman–Crippen LogP) is 23.9. The van der Waals surface area contributed by atoms with E-state index in [-0.39, 0.29) is 85.6 Å². The van der Waals surface area contributed by atoms with Crippen LogP contribution in [0, 0.1) is 144 Å². The van der Waals surface area contributed by atoms with E-state index in [4.69, 9.17) is 47.4 Å². The first kappa shape index (κ1) is 105. The summed E-state index contributed by atoms with van der Waals surface area (Å²) in [6.07, 6.45) is 45.3. The minimum atomic E-state index is -0.563. The molecule has 16 aliphatic rings. The minimum absolute atomic E-state index is 0.124. The largest absolute Gasteiger partial charge is 0.457 e. The zero-order valence-corrected chi connectivity index (χ0v) is 84.7. The van der Waals surface area contributed by atoms with Gasteiger partial charge in [0.2, 0.25) is 0 Å². The number of rotatable bonds is 34. The van der Waals surface area contributed by atoms with Crippen LogP contribution < -0.4 is 0 Å². The fraction of sp³-hybridized carbons (Fsp3) is 0.907. The Morgan fingerprint density at radius 2 is 0.586 bits per heavy atom. The molecule has 0 N–H and O–H groups in total. The van der Waals surface area contributed by atoms with Crippen molar-refractivity contribution in [2.75, 3.05) is 33.0 Å². The molecule has 16 saturated carbocycles. The quantitative estimate of drug-likeness (QED) is 0.0329. The molecule has 0 heterocycles. The molecule has 16 aliphatic carbocycles. The molecule has 0 amide bonds. The Morgan fingerprint density at radius 3 is 0.914 bits per heavy atom. The fourth-order valence-corrected chi connectivity index (χ4v) is 28.5. The van der Waals surface area contributed by atoms with Crippen LogP contribution in [0.5, 0.6) is 0 Å². The van der Waals surface area contributed by atoms with Gasteiger partial charge in [-0.25, -0.2) is 24.0 Å². The van der Waals surface area contributed by atoms with Crippen molar-refractivity contribution in [3.63, 3.8) is 0 Å². The van der Waals surface area contributed by atoms with Crippen molar-refractivity contribution >= 4 is 59.7 Å². The van der Waals surface area contributed by atoms with Gasteiger partial charge in [0.1, 0.15) is 28.0 Å². The molecule has 0 aromatic rings. The monoisotopic (exact) mass is 1800 g/mol. The zero-order chi connectivity index (χ0) is 94.3. The number of esters is 10. The molecule has 11 atom stereocenters. The van der Waals surface area contributed by atoms with E-state index in [0.717, 1.165) is 128 Å². The molecule has 16 fully saturated rings. The lowest BCUT2D eigenvalue weighted by Crippen LogP contribution is -2.59. The molecule has 730 valence electrons. The maximum absolute atomic E-state index is 12.7. The Kier molecular flexibility index (Phi) is 34.6. The second-order valence-electron chi connectivity index (χ2n) is 48.5. The molecule has 14 bridgehead atoms. The molecule has 20 heteroatoms. The van der Waals surface area contributed by atoms with Crippen LogP contribution in [0.2, 0.25) is 0 Å². The van der Waals surface area contributed by atoms with Gasteiger partial charge in [-0.2, -0.15) is 0 Å². The Balaban J connectivity index is 0.000000167. The summed E-state index contributed by atoms with van der Waals surface area (Å²) in [6, 6.07) is 0. The van der Waals surface area contributed by atoms with Gasteiger partial charge in [0, 0.05) is 22.7 Å². The number of fused-ring (bicyclic) bond motifs is 11. The van der Waals surface area contributed by atoms with Gasteiger partial charge >= 0.3 is 59.7 Å². The third kappa shape index (κ3) is 24.0. The average Bonchev–Trinajstić information content (AvgIpc) is 1.31. The molecular formula is C108H178O20. The molecule has 0 spiro atoms. The number of carbonyl (C=O) groups is 10. The van der Waals surface area contributed by atoms with E-state index in [1.165, 1.54) is 167 Å². The molecule has 0 saturated heterocycles. The Bertz CT molecular complexity index is 3690. The van der Waals surface area contributed by atoms with Gasteiger partial charge in [0.25, 0.3) is 0 Å². The van der Waals surface area contributed by atoms with Crippen LogP contribution in [0.15, 0.2) is 0 Å². The molecular weight excluding hydrogens is 1620 g/mol. The maximum atomic E-state index is 12.7. The summed E-state index contributed by atoms with van der Waals surface area (Å²) in [6.45, 7) is 45.5. The van der Waals surface area contributed by atoms with E-state index >= 15 is 0 Å². The molecule has 16 rings (SSSR count). The predicted molar refractivity (Wildman–Crippen MR) is 495 cm³/mol. The average molecular weight is 1800 g/mol. The maximum Gasteiger partial charge on any atom is 0.344 e. The number of hydrogen-bond acceptors (Lipinski definition) is 20. The normalized spacial score (nSPS) is 31.2. The van der Waals surface area contributed by atoms with Crippen molar-refractivity contribution < 1.29 is 95.3 Å². The van der Waals surface area contributed by atoms with E-state index in [9.17, 15) is 47.9 Å². The van der Waals surface area contributed by atoms with E-state index in [0.29, 0.717) is 61.7 Å². The molecule has 128 heavy (non-hydrogen) atoms. The van der Waals surface area contributed by atoms with Gasteiger partial charge in [-0.3, -0.25) is 24.0 Å². The highest BCUT2D eigenvalue weighted by atomic mass is 16.6. The van der Waals surface area contributed by atoms with Crippen LogP contribution >= 0.6 is 0 Å². The second kappa shape index (κ2) is 42.3. The summed E-state index contributed by atoms with van der Waals surface area (Å²) in [5.41, 5.74) is -4.76. The topological polar surface area (TPSA) is 263 Å². The van der Waals surface area contributed by atoms with Crippen LogP contribution in [0.3, 0.4) is 0 Å². The summed E-state index contributed by atoms with van der Waals surface area (Å²) in [5, 5.41) is 0. The fourth-order valence-electron chi connectivity index (χ4n) is 28.5. The van der Waals surface area contributed by atoms with E-state index in [1.807, 2.05) is 118 Å². The number of hydrogen-bond donors (Lipinski definition) is 0. The molecule has 20 nitrogen and oxygen atoms in total. The summed E-state index contributed by atoms with van der Waals surface area (Å²) in [5.74, 6) is 9.84. The third-order valence-corrected chi connectivity index (χ3v) is 37.6. The third-order valence-electron chi connectivity index (χ3n) is 37.6. The highest BCUT2D eigenvalue weighted by molar-refractivity contribution is 5.83.